The van der Waals surface area contributed by atoms with E-state index in [1.165, 1.54) is 16.8 Å². The van der Waals surface area contributed by atoms with Gasteiger partial charge in [0.1, 0.15) is 5.69 Å². The topological polar surface area (TPSA) is 42.7 Å². The maximum absolute atomic E-state index is 4.10. The largest absolute Gasteiger partial charge is 0.379 e. The van der Waals surface area contributed by atoms with E-state index in [9.17, 15) is 0 Å². The summed E-state index contributed by atoms with van der Waals surface area (Å²) in [5, 5.41) is 11.5. The van der Waals surface area contributed by atoms with Gasteiger partial charge in [0, 0.05) is 18.9 Å². The normalized spacial score (nSPS) is 11.3. The zero-order chi connectivity index (χ0) is 14.7. The number of nitrogens with zero attached hydrogens (tertiary/aromatic N) is 3. The zero-order valence-electron chi connectivity index (χ0n) is 13.0. The third-order valence-corrected chi connectivity index (χ3v) is 3.47. The highest BCUT2D eigenvalue weighted by molar-refractivity contribution is 5.54. The van der Waals surface area contributed by atoms with Gasteiger partial charge < -0.3 is 5.32 Å². The molecular formula is C16H24N4. The van der Waals surface area contributed by atoms with Crippen LogP contribution in [0.5, 0.6) is 0 Å². The summed E-state index contributed by atoms with van der Waals surface area (Å²) < 4.78 is 1.72. The lowest BCUT2D eigenvalue weighted by molar-refractivity contribution is 0.713. The van der Waals surface area contributed by atoms with Crippen molar-refractivity contribution in [1.29, 1.82) is 0 Å². The Morgan fingerprint density at radius 2 is 1.90 bits per heavy atom. The fourth-order valence-corrected chi connectivity index (χ4v) is 2.24. The van der Waals surface area contributed by atoms with Gasteiger partial charge in [-0.05, 0) is 29.0 Å². The Kier molecular flexibility index (Phi) is 4.42. The number of benzene rings is 1. The van der Waals surface area contributed by atoms with Gasteiger partial charge in [-0.25, -0.2) is 0 Å². The van der Waals surface area contributed by atoms with E-state index >= 15 is 0 Å². The Morgan fingerprint density at radius 1 is 1.15 bits per heavy atom. The first-order chi connectivity index (χ1) is 9.47. The van der Waals surface area contributed by atoms with Crippen LogP contribution in [0.2, 0.25) is 0 Å². The van der Waals surface area contributed by atoms with Crippen LogP contribution in [0, 0.1) is 0 Å². The van der Waals surface area contributed by atoms with Gasteiger partial charge in [-0.3, -0.25) is 4.68 Å². The van der Waals surface area contributed by atoms with Crippen molar-refractivity contribution in [2.45, 2.75) is 46.1 Å². The molecule has 0 radical (unpaired) electrons. The Balaban J connectivity index is 2.18. The van der Waals surface area contributed by atoms with Crippen LogP contribution >= 0.6 is 0 Å². The Bertz CT molecular complexity index is 570. The molecule has 108 valence electrons. The molecule has 2 aromatic rings. The average molecular weight is 272 g/mol. The SMILES string of the molecule is CC(C)c1ccc(NCc2cn(C)nn2)c(C(C)C)c1. The van der Waals surface area contributed by atoms with Crippen LogP contribution in [-0.2, 0) is 13.6 Å². The number of hydrogen-bond acceptors (Lipinski definition) is 3. The molecule has 0 aliphatic rings. The van der Waals surface area contributed by atoms with Crippen LogP contribution in [-0.4, -0.2) is 15.0 Å². The van der Waals surface area contributed by atoms with Gasteiger partial charge in [-0.1, -0.05) is 45.0 Å². The van der Waals surface area contributed by atoms with Crippen LogP contribution in [0.25, 0.3) is 0 Å². The zero-order valence-corrected chi connectivity index (χ0v) is 13.0. The number of aryl methyl sites for hydroxylation is 1. The van der Waals surface area contributed by atoms with Crippen LogP contribution in [0.1, 0.15) is 56.4 Å². The molecule has 4 nitrogen and oxygen atoms in total. The fourth-order valence-electron chi connectivity index (χ4n) is 2.24. The molecule has 0 spiro atoms. The molecule has 0 aliphatic carbocycles. The van der Waals surface area contributed by atoms with Crippen LogP contribution in [0.15, 0.2) is 24.4 Å². The second-order valence-electron chi connectivity index (χ2n) is 5.89. The van der Waals surface area contributed by atoms with Gasteiger partial charge in [0.15, 0.2) is 0 Å². The summed E-state index contributed by atoms with van der Waals surface area (Å²) in [7, 11) is 1.88. The van der Waals surface area contributed by atoms with Gasteiger partial charge in [0.25, 0.3) is 0 Å². The number of rotatable bonds is 5. The van der Waals surface area contributed by atoms with Crippen molar-refractivity contribution in [3.63, 3.8) is 0 Å². The molecule has 20 heavy (non-hydrogen) atoms. The van der Waals surface area contributed by atoms with Crippen molar-refractivity contribution in [3.8, 4) is 0 Å². The number of aromatic nitrogens is 3. The minimum atomic E-state index is 0.498. The summed E-state index contributed by atoms with van der Waals surface area (Å²) >= 11 is 0. The van der Waals surface area contributed by atoms with Crippen LogP contribution in [0.3, 0.4) is 0 Å². The highest BCUT2D eigenvalue weighted by atomic mass is 15.4. The summed E-state index contributed by atoms with van der Waals surface area (Å²) in [6.45, 7) is 9.62. The van der Waals surface area contributed by atoms with Crippen molar-refractivity contribution in [1.82, 2.24) is 15.0 Å². The molecule has 0 aliphatic heterocycles. The van der Waals surface area contributed by atoms with Gasteiger partial charge in [-0.2, -0.15) is 0 Å². The quantitative estimate of drug-likeness (QED) is 0.903. The first-order valence-corrected chi connectivity index (χ1v) is 7.20. The predicted octanol–water partition coefficient (Wildman–Crippen LogP) is 3.67. The Morgan fingerprint density at radius 3 is 2.45 bits per heavy atom. The molecule has 0 bridgehead atoms. The summed E-state index contributed by atoms with van der Waals surface area (Å²) in [5.41, 5.74) is 4.89. The minimum absolute atomic E-state index is 0.498. The fraction of sp³-hybridized carbons (Fsp3) is 0.500. The monoisotopic (exact) mass is 272 g/mol. The van der Waals surface area contributed by atoms with Crippen LogP contribution in [0.4, 0.5) is 5.69 Å². The van der Waals surface area contributed by atoms with E-state index in [0.717, 1.165) is 5.69 Å². The lowest BCUT2D eigenvalue weighted by atomic mass is 9.94. The number of anilines is 1. The molecule has 1 heterocycles. The standard InChI is InChI=1S/C16H24N4/c1-11(2)13-6-7-16(15(8-13)12(3)4)17-9-14-10-20(5)19-18-14/h6-8,10-12,17H,9H2,1-5H3. The van der Waals surface area contributed by atoms with Crippen LogP contribution < -0.4 is 5.32 Å². The Hall–Kier alpha value is -1.84. The third-order valence-electron chi connectivity index (χ3n) is 3.47. The molecule has 2 rings (SSSR count). The van der Waals surface area contributed by atoms with Gasteiger partial charge in [-0.15, -0.1) is 5.10 Å². The van der Waals surface area contributed by atoms with Gasteiger partial charge >= 0.3 is 0 Å². The summed E-state index contributed by atoms with van der Waals surface area (Å²) in [4.78, 5) is 0. The Labute approximate surface area is 121 Å². The maximum Gasteiger partial charge on any atom is 0.102 e. The molecular weight excluding hydrogens is 248 g/mol. The van der Waals surface area contributed by atoms with Crippen molar-refractivity contribution in [2.75, 3.05) is 5.32 Å². The second kappa shape index (κ2) is 6.07. The van der Waals surface area contributed by atoms with E-state index < -0.39 is 0 Å². The van der Waals surface area contributed by atoms with E-state index in [1.54, 1.807) is 4.68 Å². The summed E-state index contributed by atoms with van der Waals surface area (Å²) in [6, 6.07) is 6.70. The molecule has 0 saturated heterocycles. The first-order valence-electron chi connectivity index (χ1n) is 7.20. The van der Waals surface area contributed by atoms with Crippen molar-refractivity contribution in [3.05, 3.63) is 41.2 Å². The lowest BCUT2D eigenvalue weighted by Crippen LogP contribution is -2.05. The smallest absolute Gasteiger partial charge is 0.102 e. The third kappa shape index (κ3) is 3.38. The molecule has 0 unspecified atom stereocenters. The first kappa shape index (κ1) is 14.6. The second-order valence-corrected chi connectivity index (χ2v) is 5.89. The molecule has 0 atom stereocenters. The molecule has 1 aromatic carbocycles. The van der Waals surface area contributed by atoms with Crippen molar-refractivity contribution >= 4 is 5.69 Å². The molecule has 1 N–H and O–H groups in total. The lowest BCUT2D eigenvalue weighted by Gasteiger charge is -2.17. The minimum Gasteiger partial charge on any atom is -0.379 e. The van der Waals surface area contributed by atoms with E-state index in [0.29, 0.717) is 18.4 Å². The number of hydrogen-bond donors (Lipinski definition) is 1. The highest BCUT2D eigenvalue weighted by Crippen LogP contribution is 2.28. The van der Waals surface area contributed by atoms with Crippen molar-refractivity contribution < 1.29 is 0 Å². The van der Waals surface area contributed by atoms with E-state index in [2.05, 4.69) is 61.5 Å². The summed E-state index contributed by atoms with van der Waals surface area (Å²) in [6.07, 6.45) is 1.94. The molecule has 1 aromatic heterocycles. The number of nitrogens with one attached hydrogen (secondary N) is 1. The molecule has 4 heteroatoms. The molecule has 0 fully saturated rings. The van der Waals surface area contributed by atoms with Crippen molar-refractivity contribution in [2.24, 2.45) is 7.05 Å². The highest BCUT2D eigenvalue weighted by Gasteiger charge is 2.10. The van der Waals surface area contributed by atoms with Gasteiger partial charge in [0.2, 0.25) is 0 Å². The van der Waals surface area contributed by atoms with E-state index in [-0.39, 0.29) is 0 Å². The van der Waals surface area contributed by atoms with E-state index in [1.807, 2.05) is 13.2 Å². The van der Waals surface area contributed by atoms with Gasteiger partial charge in [0.05, 0.1) is 6.54 Å². The molecule has 0 amide bonds. The van der Waals surface area contributed by atoms with E-state index in [4.69, 9.17) is 0 Å². The maximum atomic E-state index is 4.10. The molecule has 0 saturated carbocycles. The predicted molar refractivity (Wildman–Crippen MR) is 82.9 cm³/mol. The average Bonchev–Trinajstić information content (AvgIpc) is 2.81. The summed E-state index contributed by atoms with van der Waals surface area (Å²) in [5.74, 6) is 1.06.